The lowest BCUT2D eigenvalue weighted by Crippen LogP contribution is -2.63. The van der Waals surface area contributed by atoms with Gasteiger partial charge in [-0.15, -0.1) is 0 Å². The Labute approximate surface area is 239 Å². The van der Waals surface area contributed by atoms with E-state index in [1.807, 2.05) is 27.7 Å². The number of nitrogens with zero attached hydrogens (tertiary/aromatic N) is 1. The number of amides is 2. The van der Waals surface area contributed by atoms with Gasteiger partial charge in [0.1, 0.15) is 34.6 Å². The molecule has 0 aliphatic carbocycles. The van der Waals surface area contributed by atoms with Crippen molar-refractivity contribution in [2.75, 3.05) is 0 Å². The topological polar surface area (TPSA) is 124 Å². The summed E-state index contributed by atoms with van der Waals surface area (Å²) in [6.07, 6.45) is 0.973. The van der Waals surface area contributed by atoms with Gasteiger partial charge in [0.2, 0.25) is 5.91 Å². The summed E-state index contributed by atoms with van der Waals surface area (Å²) in [7, 11) is 0. The van der Waals surface area contributed by atoms with Gasteiger partial charge < -0.3 is 25.2 Å². The number of halogens is 1. The third-order valence-electron chi connectivity index (χ3n) is 8.74. The molecule has 0 saturated carbocycles. The second kappa shape index (κ2) is 10.0. The zero-order valence-electron chi connectivity index (χ0n) is 24.4. The summed E-state index contributed by atoms with van der Waals surface area (Å²) in [5.74, 6) is -0.175. The van der Waals surface area contributed by atoms with E-state index in [1.54, 1.807) is 32.0 Å². The molecular formula is C31H39FN4O5. The smallest absolute Gasteiger partial charge is 0.251 e. The van der Waals surface area contributed by atoms with Crippen LogP contribution in [0.2, 0.25) is 0 Å². The Balaban J connectivity index is 1.48. The first-order valence-electron chi connectivity index (χ1n) is 14.2. The highest BCUT2D eigenvalue weighted by molar-refractivity contribution is 6.00. The van der Waals surface area contributed by atoms with Crippen molar-refractivity contribution < 1.29 is 28.6 Å². The highest BCUT2D eigenvalue weighted by Gasteiger charge is 2.47. The average molecular weight is 567 g/mol. The molecular weight excluding hydrogens is 527 g/mol. The van der Waals surface area contributed by atoms with Gasteiger partial charge in [-0.3, -0.25) is 19.9 Å². The molecule has 10 heteroatoms. The van der Waals surface area contributed by atoms with Gasteiger partial charge in [-0.1, -0.05) is 13.8 Å². The van der Waals surface area contributed by atoms with Crippen molar-refractivity contribution in [2.24, 2.45) is 0 Å². The van der Waals surface area contributed by atoms with E-state index in [2.05, 4.69) is 10.6 Å². The summed E-state index contributed by atoms with van der Waals surface area (Å²) in [4.78, 5) is 28.6. The highest BCUT2D eigenvalue weighted by Crippen LogP contribution is 2.45. The number of fused-ring (bicyclic) bond motifs is 2. The standard InChI is InChI=1S/C31H39FN4O5/c1-7-31(8-2)16-24(37)36(28(33)35-31)21-15-29(3,4)40-22-11-9-17(13-19(21)22)27(39)34-25-20-14-18(32)10-12-23(20)41-30(5,6)26(25)38/h9-14,21,25-26,38H,7-8,15-16H2,1-6H3,(H2,33,35)(H,34,39)/t21-,25-,26+/m1/s1. The molecule has 0 unspecified atom stereocenters. The van der Waals surface area contributed by atoms with Gasteiger partial charge in [0.25, 0.3) is 5.91 Å². The normalized spacial score (nSPS) is 25.7. The molecule has 3 atom stereocenters. The highest BCUT2D eigenvalue weighted by atomic mass is 19.1. The fourth-order valence-electron chi connectivity index (χ4n) is 6.20. The van der Waals surface area contributed by atoms with E-state index in [9.17, 15) is 19.1 Å². The van der Waals surface area contributed by atoms with E-state index >= 15 is 0 Å². The second-order valence-electron chi connectivity index (χ2n) is 12.5. The second-order valence-corrected chi connectivity index (χ2v) is 12.5. The summed E-state index contributed by atoms with van der Waals surface area (Å²) >= 11 is 0. The van der Waals surface area contributed by atoms with Crippen LogP contribution in [-0.4, -0.2) is 50.6 Å². The molecule has 4 N–H and O–H groups in total. The van der Waals surface area contributed by atoms with Crippen LogP contribution in [0.5, 0.6) is 11.5 Å². The Morgan fingerprint density at radius 1 is 1.10 bits per heavy atom. The third kappa shape index (κ3) is 5.14. The van der Waals surface area contributed by atoms with E-state index in [-0.39, 0.29) is 23.9 Å². The maximum atomic E-state index is 14.2. The van der Waals surface area contributed by atoms with Crippen LogP contribution in [0.1, 0.15) is 101 Å². The summed E-state index contributed by atoms with van der Waals surface area (Å²) in [6.45, 7) is 11.3. The number of rotatable bonds is 5. The molecule has 3 aliphatic heterocycles. The van der Waals surface area contributed by atoms with Crippen LogP contribution < -0.4 is 20.1 Å². The van der Waals surface area contributed by atoms with Crippen LogP contribution >= 0.6 is 0 Å². The number of carbonyl (C=O) groups is 2. The van der Waals surface area contributed by atoms with E-state index < -0.39 is 46.7 Å². The van der Waals surface area contributed by atoms with Crippen molar-refractivity contribution >= 4 is 17.8 Å². The molecule has 2 aromatic carbocycles. The van der Waals surface area contributed by atoms with Gasteiger partial charge in [-0.2, -0.15) is 0 Å². The number of carbonyl (C=O) groups excluding carboxylic acids is 2. The van der Waals surface area contributed by atoms with Crippen molar-refractivity contribution in [2.45, 2.75) is 102 Å². The molecule has 2 amide bonds. The molecule has 220 valence electrons. The van der Waals surface area contributed by atoms with E-state index in [0.717, 1.165) is 0 Å². The predicted octanol–water partition coefficient (Wildman–Crippen LogP) is 4.75. The van der Waals surface area contributed by atoms with Crippen molar-refractivity contribution in [1.29, 1.82) is 5.41 Å². The van der Waals surface area contributed by atoms with Crippen LogP contribution in [0.25, 0.3) is 0 Å². The number of nitrogens with one attached hydrogen (secondary N) is 3. The van der Waals surface area contributed by atoms with Crippen molar-refractivity contribution in [3.8, 4) is 11.5 Å². The number of hydrogen-bond acceptors (Lipinski definition) is 6. The van der Waals surface area contributed by atoms with E-state index in [0.29, 0.717) is 41.9 Å². The molecule has 3 heterocycles. The summed E-state index contributed by atoms with van der Waals surface area (Å²) in [5.41, 5.74) is -0.845. The van der Waals surface area contributed by atoms with Gasteiger partial charge in [0, 0.05) is 28.7 Å². The van der Waals surface area contributed by atoms with Crippen LogP contribution in [-0.2, 0) is 4.79 Å². The lowest BCUT2D eigenvalue weighted by molar-refractivity contribution is -0.134. The third-order valence-corrected chi connectivity index (χ3v) is 8.74. The first kappa shape index (κ1) is 28.9. The van der Waals surface area contributed by atoms with Crippen molar-refractivity contribution in [3.05, 3.63) is 58.9 Å². The fourth-order valence-corrected chi connectivity index (χ4v) is 6.20. The Morgan fingerprint density at radius 2 is 1.76 bits per heavy atom. The van der Waals surface area contributed by atoms with Gasteiger partial charge in [0.05, 0.1) is 18.5 Å². The molecule has 3 aliphatic rings. The molecule has 2 aromatic rings. The lowest BCUT2D eigenvalue weighted by Gasteiger charge is -2.48. The number of aliphatic hydroxyl groups excluding tert-OH is 1. The van der Waals surface area contributed by atoms with Gasteiger partial charge >= 0.3 is 0 Å². The summed E-state index contributed by atoms with van der Waals surface area (Å²) in [6, 6.07) is 7.57. The van der Waals surface area contributed by atoms with Gasteiger partial charge in [-0.25, -0.2) is 4.39 Å². The zero-order valence-corrected chi connectivity index (χ0v) is 24.4. The number of ether oxygens (including phenoxy) is 2. The molecule has 5 rings (SSSR count). The quantitative estimate of drug-likeness (QED) is 0.414. The minimum atomic E-state index is -1.15. The van der Waals surface area contributed by atoms with Crippen LogP contribution in [0.3, 0.4) is 0 Å². The van der Waals surface area contributed by atoms with Crippen molar-refractivity contribution in [3.63, 3.8) is 0 Å². The van der Waals surface area contributed by atoms with Crippen LogP contribution in [0.15, 0.2) is 36.4 Å². The molecule has 0 aromatic heterocycles. The van der Waals surface area contributed by atoms with E-state index in [4.69, 9.17) is 14.9 Å². The Bertz CT molecular complexity index is 1380. The van der Waals surface area contributed by atoms with Crippen molar-refractivity contribution in [1.82, 2.24) is 15.5 Å². The van der Waals surface area contributed by atoms with E-state index in [1.165, 1.54) is 23.1 Å². The monoisotopic (exact) mass is 566 g/mol. The summed E-state index contributed by atoms with van der Waals surface area (Å²) < 4.78 is 26.3. The van der Waals surface area contributed by atoms with Crippen LogP contribution in [0, 0.1) is 11.2 Å². The maximum absolute atomic E-state index is 14.2. The fraction of sp³-hybridized carbons (Fsp3) is 0.516. The molecule has 41 heavy (non-hydrogen) atoms. The average Bonchev–Trinajstić information content (AvgIpc) is 2.90. The number of hydrogen-bond donors (Lipinski definition) is 4. The van der Waals surface area contributed by atoms with Gasteiger partial charge in [0.15, 0.2) is 5.96 Å². The number of aliphatic hydroxyl groups is 1. The predicted molar refractivity (Wildman–Crippen MR) is 151 cm³/mol. The maximum Gasteiger partial charge on any atom is 0.251 e. The number of benzene rings is 2. The molecule has 1 saturated heterocycles. The molecule has 0 spiro atoms. The molecule has 1 fully saturated rings. The Hall–Kier alpha value is -3.66. The number of guanidine groups is 1. The first-order valence-corrected chi connectivity index (χ1v) is 14.2. The van der Waals surface area contributed by atoms with Crippen LogP contribution in [0.4, 0.5) is 4.39 Å². The largest absolute Gasteiger partial charge is 0.487 e. The lowest BCUT2D eigenvalue weighted by atomic mass is 9.83. The van der Waals surface area contributed by atoms with Gasteiger partial charge in [-0.05, 0) is 76.9 Å². The molecule has 0 radical (unpaired) electrons. The Morgan fingerprint density at radius 3 is 2.41 bits per heavy atom. The molecule has 0 bridgehead atoms. The summed E-state index contributed by atoms with van der Waals surface area (Å²) in [5, 5.41) is 26.0. The minimum Gasteiger partial charge on any atom is -0.487 e. The zero-order chi connectivity index (χ0) is 29.9. The SMILES string of the molecule is CCC1(CC)CC(=O)N([C@@H]2CC(C)(C)Oc3ccc(C(=O)N[C@@H]4c5cc(F)ccc5OC(C)(C)[C@H]4O)cc32)C(=N)N1. The Kier molecular flexibility index (Phi) is 7.04. The molecule has 9 nitrogen and oxygen atoms in total. The minimum absolute atomic E-state index is 0.0413. The first-order chi connectivity index (χ1) is 19.2.